The Morgan fingerprint density at radius 2 is 2.00 bits per heavy atom. The molecule has 0 atom stereocenters. The van der Waals surface area contributed by atoms with Crippen LogP contribution in [0.5, 0.6) is 0 Å². The summed E-state index contributed by atoms with van der Waals surface area (Å²) in [6, 6.07) is 7.86. The van der Waals surface area contributed by atoms with Gasteiger partial charge < -0.3 is 10.6 Å². The van der Waals surface area contributed by atoms with Gasteiger partial charge in [-0.15, -0.1) is 0 Å². The first-order valence-electron chi connectivity index (χ1n) is 7.47. The highest BCUT2D eigenvalue weighted by molar-refractivity contribution is 5.92. The van der Waals surface area contributed by atoms with E-state index in [4.69, 9.17) is 0 Å². The molecule has 0 spiro atoms. The molecule has 0 bridgehead atoms. The summed E-state index contributed by atoms with van der Waals surface area (Å²) in [5.74, 6) is 0.364. The van der Waals surface area contributed by atoms with Gasteiger partial charge in [-0.05, 0) is 57.1 Å². The number of carbonyl (C=O) groups is 1. The minimum atomic E-state index is -0.298. The molecule has 0 saturated carbocycles. The van der Waals surface area contributed by atoms with Crippen LogP contribution in [0.15, 0.2) is 30.3 Å². The molecule has 1 fully saturated rings. The smallest absolute Gasteiger partial charge is 0.228 e. The number of hydrogen-bond donors (Lipinski definition) is 2. The molecule has 6 heteroatoms. The summed E-state index contributed by atoms with van der Waals surface area (Å²) in [4.78, 5) is 12.4. The van der Waals surface area contributed by atoms with Crippen LogP contribution in [0.3, 0.4) is 0 Å². The van der Waals surface area contributed by atoms with Gasteiger partial charge in [0.25, 0.3) is 0 Å². The van der Waals surface area contributed by atoms with Gasteiger partial charge in [0.05, 0.1) is 11.4 Å². The Balaban J connectivity index is 1.81. The fourth-order valence-electron chi connectivity index (χ4n) is 2.68. The zero-order chi connectivity index (χ0) is 15.5. The molecule has 3 rings (SSSR count). The van der Waals surface area contributed by atoms with Crippen LogP contribution in [0.2, 0.25) is 0 Å². The zero-order valence-electron chi connectivity index (χ0n) is 12.5. The van der Waals surface area contributed by atoms with Crippen molar-refractivity contribution in [3.8, 4) is 5.69 Å². The summed E-state index contributed by atoms with van der Waals surface area (Å²) in [5, 5.41) is 10.6. The first kappa shape index (κ1) is 14.7. The van der Waals surface area contributed by atoms with Gasteiger partial charge in [0.15, 0.2) is 0 Å². The Morgan fingerprint density at radius 3 is 2.68 bits per heavy atom. The SMILES string of the molecule is Cc1cc(NC(=O)C2CCNCC2)n(-c2ccc(F)cc2)n1. The molecule has 1 aliphatic heterocycles. The van der Waals surface area contributed by atoms with E-state index < -0.39 is 0 Å². The van der Waals surface area contributed by atoms with Gasteiger partial charge in [-0.25, -0.2) is 9.07 Å². The number of amides is 1. The van der Waals surface area contributed by atoms with E-state index in [1.54, 1.807) is 16.8 Å². The molecule has 5 nitrogen and oxygen atoms in total. The molecule has 0 radical (unpaired) electrons. The second-order valence-electron chi connectivity index (χ2n) is 5.57. The third kappa shape index (κ3) is 3.17. The number of hydrogen-bond acceptors (Lipinski definition) is 3. The van der Waals surface area contributed by atoms with E-state index >= 15 is 0 Å². The summed E-state index contributed by atoms with van der Waals surface area (Å²) in [6.45, 7) is 3.60. The van der Waals surface area contributed by atoms with E-state index in [0.29, 0.717) is 5.82 Å². The molecule has 2 aromatic rings. The van der Waals surface area contributed by atoms with Crippen LogP contribution in [0.25, 0.3) is 5.69 Å². The summed E-state index contributed by atoms with van der Waals surface area (Å²) in [5.41, 5.74) is 1.51. The number of nitrogens with one attached hydrogen (secondary N) is 2. The van der Waals surface area contributed by atoms with Crippen molar-refractivity contribution in [3.63, 3.8) is 0 Å². The van der Waals surface area contributed by atoms with Gasteiger partial charge in [-0.3, -0.25) is 4.79 Å². The Morgan fingerprint density at radius 1 is 1.32 bits per heavy atom. The van der Waals surface area contributed by atoms with Crippen LogP contribution < -0.4 is 10.6 Å². The third-order valence-corrected chi connectivity index (χ3v) is 3.86. The number of nitrogens with zero attached hydrogens (tertiary/aromatic N) is 2. The fourth-order valence-corrected chi connectivity index (χ4v) is 2.68. The largest absolute Gasteiger partial charge is 0.317 e. The van der Waals surface area contributed by atoms with Crippen molar-refractivity contribution >= 4 is 11.7 Å². The van der Waals surface area contributed by atoms with Gasteiger partial charge in [0.2, 0.25) is 5.91 Å². The number of benzene rings is 1. The van der Waals surface area contributed by atoms with E-state index in [0.717, 1.165) is 37.3 Å². The highest BCUT2D eigenvalue weighted by atomic mass is 19.1. The molecular weight excluding hydrogens is 283 g/mol. The highest BCUT2D eigenvalue weighted by Crippen LogP contribution is 2.20. The molecule has 1 amide bonds. The quantitative estimate of drug-likeness (QED) is 0.914. The van der Waals surface area contributed by atoms with Crippen LogP contribution >= 0.6 is 0 Å². The van der Waals surface area contributed by atoms with Crippen molar-refractivity contribution in [1.29, 1.82) is 0 Å². The Hall–Kier alpha value is -2.21. The summed E-state index contributed by atoms with van der Waals surface area (Å²) >= 11 is 0. The molecule has 0 aliphatic carbocycles. The minimum absolute atomic E-state index is 0.0183. The molecular formula is C16H19FN4O. The minimum Gasteiger partial charge on any atom is -0.317 e. The van der Waals surface area contributed by atoms with Gasteiger partial charge in [-0.2, -0.15) is 5.10 Å². The van der Waals surface area contributed by atoms with Crippen molar-refractivity contribution in [2.45, 2.75) is 19.8 Å². The van der Waals surface area contributed by atoms with Gasteiger partial charge in [0, 0.05) is 12.0 Å². The monoisotopic (exact) mass is 302 g/mol. The normalized spacial score (nSPS) is 15.7. The van der Waals surface area contributed by atoms with E-state index in [1.165, 1.54) is 12.1 Å². The standard InChI is InChI=1S/C16H19FN4O/c1-11-10-15(19-16(22)12-6-8-18-9-7-12)21(20-11)14-4-2-13(17)3-5-14/h2-5,10,12,18H,6-9H2,1H3,(H,19,22). The van der Waals surface area contributed by atoms with Crippen LogP contribution in [0, 0.1) is 18.7 Å². The van der Waals surface area contributed by atoms with Crippen molar-refractivity contribution in [3.05, 3.63) is 41.8 Å². The lowest BCUT2D eigenvalue weighted by Gasteiger charge is -2.21. The average molecular weight is 302 g/mol. The first-order valence-corrected chi connectivity index (χ1v) is 7.47. The molecule has 1 aromatic heterocycles. The van der Waals surface area contributed by atoms with Crippen molar-refractivity contribution < 1.29 is 9.18 Å². The molecule has 0 unspecified atom stereocenters. The number of rotatable bonds is 3. The molecule has 2 heterocycles. The fraction of sp³-hybridized carbons (Fsp3) is 0.375. The molecule has 1 aliphatic rings. The lowest BCUT2D eigenvalue weighted by Crippen LogP contribution is -2.35. The predicted molar refractivity (Wildman–Crippen MR) is 82.5 cm³/mol. The van der Waals surface area contributed by atoms with E-state index in [2.05, 4.69) is 15.7 Å². The van der Waals surface area contributed by atoms with Crippen LogP contribution in [-0.4, -0.2) is 28.8 Å². The Bertz CT molecular complexity index is 659. The molecule has 2 N–H and O–H groups in total. The van der Waals surface area contributed by atoms with E-state index in [1.807, 2.05) is 13.0 Å². The second-order valence-corrected chi connectivity index (χ2v) is 5.57. The number of carbonyl (C=O) groups excluding carboxylic acids is 1. The van der Waals surface area contributed by atoms with Crippen LogP contribution in [0.1, 0.15) is 18.5 Å². The predicted octanol–water partition coefficient (Wildman–Crippen LogP) is 2.26. The second kappa shape index (κ2) is 6.27. The van der Waals surface area contributed by atoms with E-state index in [9.17, 15) is 9.18 Å². The molecule has 22 heavy (non-hydrogen) atoms. The molecule has 116 valence electrons. The van der Waals surface area contributed by atoms with E-state index in [-0.39, 0.29) is 17.6 Å². The van der Waals surface area contributed by atoms with Gasteiger partial charge >= 0.3 is 0 Å². The summed E-state index contributed by atoms with van der Waals surface area (Å²) in [7, 11) is 0. The van der Waals surface area contributed by atoms with Crippen molar-refractivity contribution in [1.82, 2.24) is 15.1 Å². The Labute approximate surface area is 128 Å². The van der Waals surface area contributed by atoms with Gasteiger partial charge in [-0.1, -0.05) is 0 Å². The maximum atomic E-state index is 13.1. The topological polar surface area (TPSA) is 59.0 Å². The summed E-state index contributed by atoms with van der Waals surface area (Å²) < 4.78 is 14.7. The number of aromatic nitrogens is 2. The number of halogens is 1. The lowest BCUT2D eigenvalue weighted by atomic mass is 9.97. The zero-order valence-corrected chi connectivity index (χ0v) is 12.5. The number of piperidine rings is 1. The maximum Gasteiger partial charge on any atom is 0.228 e. The molecule has 1 saturated heterocycles. The maximum absolute atomic E-state index is 13.1. The molecule has 1 aromatic carbocycles. The Kier molecular flexibility index (Phi) is 4.20. The van der Waals surface area contributed by atoms with Crippen LogP contribution in [0.4, 0.5) is 10.2 Å². The average Bonchev–Trinajstić information content (AvgIpc) is 2.89. The van der Waals surface area contributed by atoms with Crippen molar-refractivity contribution in [2.75, 3.05) is 18.4 Å². The number of aryl methyl sites for hydroxylation is 1. The first-order chi connectivity index (χ1) is 10.6. The lowest BCUT2D eigenvalue weighted by molar-refractivity contribution is -0.120. The number of anilines is 1. The third-order valence-electron chi connectivity index (χ3n) is 3.86. The highest BCUT2D eigenvalue weighted by Gasteiger charge is 2.22. The van der Waals surface area contributed by atoms with Crippen molar-refractivity contribution in [2.24, 2.45) is 5.92 Å². The van der Waals surface area contributed by atoms with Crippen LogP contribution in [-0.2, 0) is 4.79 Å². The van der Waals surface area contributed by atoms with Gasteiger partial charge in [0.1, 0.15) is 11.6 Å². The summed E-state index contributed by atoms with van der Waals surface area (Å²) in [6.07, 6.45) is 1.69.